The summed E-state index contributed by atoms with van der Waals surface area (Å²) in [7, 11) is 1.97. The van der Waals surface area contributed by atoms with Crippen molar-refractivity contribution in [2.24, 2.45) is 5.92 Å². The molecule has 0 heterocycles. The Morgan fingerprint density at radius 1 is 1.19 bits per heavy atom. The Balaban J connectivity index is 0.00000110. The topological polar surface area (TPSA) is 12.0 Å². The fourth-order valence-electron chi connectivity index (χ4n) is 2.85. The van der Waals surface area contributed by atoms with Crippen LogP contribution in [0.25, 0.3) is 5.57 Å². The monoisotopic (exact) mass is 351 g/mol. The van der Waals surface area contributed by atoms with E-state index in [1.54, 1.807) is 6.08 Å². The molecule has 0 aliphatic heterocycles. The molecule has 0 aliphatic carbocycles. The molecule has 0 amide bonds. The van der Waals surface area contributed by atoms with Crippen LogP contribution in [0.3, 0.4) is 0 Å². The second kappa shape index (κ2) is 13.0. The van der Waals surface area contributed by atoms with Crippen molar-refractivity contribution in [2.75, 3.05) is 12.4 Å². The van der Waals surface area contributed by atoms with Gasteiger partial charge in [-0.25, -0.2) is 0 Å². The third-order valence-electron chi connectivity index (χ3n) is 4.01. The first-order valence-electron chi connectivity index (χ1n) is 9.33. The number of rotatable bonds is 7. The number of anilines is 1. The molecule has 1 heteroatoms. The number of benzene rings is 1. The van der Waals surface area contributed by atoms with Crippen LogP contribution in [0, 0.1) is 19.8 Å². The minimum absolute atomic E-state index is 0.704. The van der Waals surface area contributed by atoms with E-state index >= 15 is 0 Å². The maximum atomic E-state index is 4.20. The Hall–Kier alpha value is -2.28. The van der Waals surface area contributed by atoms with E-state index in [2.05, 4.69) is 83.5 Å². The lowest BCUT2D eigenvalue weighted by molar-refractivity contribution is 0.642. The van der Waals surface area contributed by atoms with Gasteiger partial charge in [-0.1, -0.05) is 81.2 Å². The van der Waals surface area contributed by atoms with E-state index in [0.29, 0.717) is 5.92 Å². The van der Waals surface area contributed by atoms with Gasteiger partial charge in [0.25, 0.3) is 0 Å². The molecule has 0 unspecified atom stereocenters. The smallest absolute Gasteiger partial charge is 0.0403 e. The van der Waals surface area contributed by atoms with Crippen LogP contribution in [0.2, 0.25) is 0 Å². The summed E-state index contributed by atoms with van der Waals surface area (Å²) in [6.07, 6.45) is 13.1. The fourth-order valence-corrected chi connectivity index (χ4v) is 2.85. The minimum atomic E-state index is 0.704. The maximum absolute atomic E-state index is 4.20. The molecule has 142 valence electrons. The van der Waals surface area contributed by atoms with Gasteiger partial charge in [-0.15, -0.1) is 0 Å². The summed E-state index contributed by atoms with van der Waals surface area (Å²) in [4.78, 5) is 0. The first kappa shape index (κ1) is 23.7. The first-order chi connectivity index (χ1) is 12.3. The molecule has 0 radical (unpaired) electrons. The maximum Gasteiger partial charge on any atom is 0.0403 e. The number of allylic oxidation sites excluding steroid dienone is 8. The Kier molecular flexibility index (Phi) is 11.9. The van der Waals surface area contributed by atoms with E-state index in [0.717, 1.165) is 12.0 Å². The van der Waals surface area contributed by atoms with Gasteiger partial charge < -0.3 is 5.32 Å². The van der Waals surface area contributed by atoms with Crippen LogP contribution in [0.15, 0.2) is 67.3 Å². The molecule has 0 spiro atoms. The van der Waals surface area contributed by atoms with Crippen molar-refractivity contribution < 1.29 is 0 Å². The minimum Gasteiger partial charge on any atom is -0.388 e. The van der Waals surface area contributed by atoms with Crippen LogP contribution >= 0.6 is 0 Å². The van der Waals surface area contributed by atoms with Crippen LogP contribution in [0.5, 0.6) is 0 Å². The zero-order valence-corrected chi connectivity index (χ0v) is 17.8. The third-order valence-corrected chi connectivity index (χ3v) is 4.01. The van der Waals surface area contributed by atoms with Crippen LogP contribution < -0.4 is 5.32 Å². The second-order valence-electron chi connectivity index (χ2n) is 6.94. The van der Waals surface area contributed by atoms with Gasteiger partial charge in [0.15, 0.2) is 0 Å². The lowest BCUT2D eigenvalue weighted by atomic mass is 9.97. The normalized spacial score (nSPS) is 11.6. The zero-order chi connectivity index (χ0) is 20.1. The molecule has 1 rings (SSSR count). The molecule has 1 nitrogen and oxygen atoms in total. The Bertz CT molecular complexity index is 670. The standard InChI is InChI=1S/C20H29N.C5H8/c1-14(2)13-15(3)9-8-10-16(4)19-12-11-17(5)20(21-7)18(19)6;1-3-5-4-2/h8-12,14,21H,4,13H2,1-3,5-7H3;3-5H,1H2,2H3/b10-8-,15-9+;5-4-. The SMILES string of the molecule is C=C(/C=C\C=C(/C)CC(C)C)c1ccc(C)c(NC)c1C.C=C/C=C\C. The summed E-state index contributed by atoms with van der Waals surface area (Å²) < 4.78 is 0. The first-order valence-corrected chi connectivity index (χ1v) is 9.33. The molecule has 26 heavy (non-hydrogen) atoms. The van der Waals surface area contributed by atoms with Crippen LogP contribution in [0.1, 0.15) is 50.8 Å². The average molecular weight is 352 g/mol. The van der Waals surface area contributed by atoms with Gasteiger partial charge in [-0.3, -0.25) is 0 Å². The summed E-state index contributed by atoms with van der Waals surface area (Å²) in [5.74, 6) is 0.704. The van der Waals surface area contributed by atoms with Gasteiger partial charge in [0.05, 0.1) is 0 Å². The predicted octanol–water partition coefficient (Wildman–Crippen LogP) is 7.66. The van der Waals surface area contributed by atoms with Gasteiger partial charge in [-0.2, -0.15) is 0 Å². The lowest BCUT2D eigenvalue weighted by Gasteiger charge is -2.14. The molecule has 0 saturated carbocycles. The zero-order valence-electron chi connectivity index (χ0n) is 17.8. The van der Waals surface area contributed by atoms with Crippen LogP contribution in [0.4, 0.5) is 5.69 Å². The van der Waals surface area contributed by atoms with Crippen molar-refractivity contribution in [2.45, 2.75) is 48.0 Å². The van der Waals surface area contributed by atoms with Crippen molar-refractivity contribution in [1.82, 2.24) is 0 Å². The molecule has 0 atom stereocenters. The third kappa shape index (κ3) is 8.71. The fraction of sp³-hybridized carbons (Fsp3) is 0.360. The van der Waals surface area contributed by atoms with Crippen molar-refractivity contribution >= 4 is 11.3 Å². The molecule has 1 aromatic rings. The highest BCUT2D eigenvalue weighted by molar-refractivity contribution is 5.78. The number of hydrogen-bond acceptors (Lipinski definition) is 1. The lowest BCUT2D eigenvalue weighted by Crippen LogP contribution is -1.98. The Labute approximate surface area is 161 Å². The van der Waals surface area contributed by atoms with E-state index in [1.165, 1.54) is 28.0 Å². The summed E-state index contributed by atoms with van der Waals surface area (Å²) in [6, 6.07) is 4.30. The van der Waals surface area contributed by atoms with Crippen molar-refractivity contribution in [3.05, 3.63) is 84.0 Å². The van der Waals surface area contributed by atoms with Gasteiger partial charge >= 0.3 is 0 Å². The Morgan fingerprint density at radius 3 is 2.31 bits per heavy atom. The van der Waals surface area contributed by atoms with Crippen molar-refractivity contribution in [1.29, 1.82) is 0 Å². The van der Waals surface area contributed by atoms with Gasteiger partial charge in [0.2, 0.25) is 0 Å². The molecule has 1 N–H and O–H groups in total. The number of aryl methyl sites for hydroxylation is 1. The molecule has 0 fully saturated rings. The largest absolute Gasteiger partial charge is 0.388 e. The van der Waals surface area contributed by atoms with E-state index in [4.69, 9.17) is 0 Å². The molecule has 0 bridgehead atoms. The van der Waals surface area contributed by atoms with Gasteiger partial charge in [0.1, 0.15) is 0 Å². The summed E-state index contributed by atoms with van der Waals surface area (Å²) in [5.41, 5.74) is 7.39. The predicted molar refractivity (Wildman–Crippen MR) is 122 cm³/mol. The number of hydrogen-bond donors (Lipinski definition) is 1. The van der Waals surface area contributed by atoms with E-state index in [9.17, 15) is 0 Å². The Morgan fingerprint density at radius 2 is 1.85 bits per heavy atom. The van der Waals surface area contributed by atoms with Gasteiger partial charge in [0, 0.05) is 12.7 Å². The highest BCUT2D eigenvalue weighted by Crippen LogP contribution is 2.28. The highest BCUT2D eigenvalue weighted by atomic mass is 14.8. The summed E-state index contributed by atoms with van der Waals surface area (Å²) >= 11 is 0. The highest BCUT2D eigenvalue weighted by Gasteiger charge is 2.07. The second-order valence-corrected chi connectivity index (χ2v) is 6.94. The molecule has 0 aliphatic rings. The molecule has 0 aromatic heterocycles. The van der Waals surface area contributed by atoms with E-state index in [1.807, 2.05) is 26.1 Å². The molecule has 0 saturated heterocycles. The van der Waals surface area contributed by atoms with E-state index < -0.39 is 0 Å². The summed E-state index contributed by atoms with van der Waals surface area (Å²) in [5, 5.41) is 3.28. The average Bonchev–Trinajstić information content (AvgIpc) is 2.55. The molecule has 1 aromatic carbocycles. The van der Waals surface area contributed by atoms with Crippen LogP contribution in [-0.4, -0.2) is 7.05 Å². The molecular weight excluding hydrogens is 314 g/mol. The van der Waals surface area contributed by atoms with Gasteiger partial charge in [-0.05, 0) is 62.3 Å². The van der Waals surface area contributed by atoms with Crippen molar-refractivity contribution in [3.8, 4) is 0 Å². The molecular formula is C25H37N. The van der Waals surface area contributed by atoms with E-state index in [-0.39, 0.29) is 0 Å². The quantitative estimate of drug-likeness (QED) is 0.497. The number of nitrogens with one attached hydrogen (secondary N) is 1. The van der Waals surface area contributed by atoms with Crippen LogP contribution in [-0.2, 0) is 0 Å². The summed E-state index contributed by atoms with van der Waals surface area (Å²) in [6.45, 7) is 20.6. The van der Waals surface area contributed by atoms with Crippen molar-refractivity contribution in [3.63, 3.8) is 0 Å².